The SMILES string of the molecule is Cc1ccc(Nc2c(F)cc(C(=O)O)cc2F)c(Cl)c1. The zero-order chi connectivity index (χ0) is 14.9. The fourth-order valence-electron chi connectivity index (χ4n) is 1.67. The van der Waals surface area contributed by atoms with Gasteiger partial charge in [-0.3, -0.25) is 0 Å². The number of carbonyl (C=O) groups is 1. The molecule has 2 aromatic rings. The monoisotopic (exact) mass is 297 g/mol. The molecule has 0 unspecified atom stereocenters. The minimum Gasteiger partial charge on any atom is -0.478 e. The lowest BCUT2D eigenvalue weighted by atomic mass is 10.1. The number of anilines is 2. The predicted molar refractivity (Wildman–Crippen MR) is 72.8 cm³/mol. The Morgan fingerprint density at radius 2 is 1.80 bits per heavy atom. The number of halogens is 3. The van der Waals surface area contributed by atoms with Crippen molar-refractivity contribution < 1.29 is 18.7 Å². The van der Waals surface area contributed by atoms with E-state index in [-0.39, 0.29) is 0 Å². The standard InChI is InChI=1S/C14H10ClF2NO2/c1-7-2-3-12(9(15)4-7)18-13-10(16)5-8(14(19)20)6-11(13)17/h2-6,18H,1H3,(H,19,20). The summed E-state index contributed by atoms with van der Waals surface area (Å²) in [6.07, 6.45) is 0. The fourth-order valence-corrected chi connectivity index (χ4v) is 1.95. The summed E-state index contributed by atoms with van der Waals surface area (Å²) in [4.78, 5) is 10.7. The summed E-state index contributed by atoms with van der Waals surface area (Å²) in [5, 5.41) is 11.6. The Hall–Kier alpha value is -2.14. The molecule has 0 aliphatic heterocycles. The summed E-state index contributed by atoms with van der Waals surface area (Å²) in [5.74, 6) is -3.40. The molecule has 0 atom stereocenters. The molecule has 6 heteroatoms. The highest BCUT2D eigenvalue weighted by Gasteiger charge is 2.15. The van der Waals surface area contributed by atoms with Gasteiger partial charge in [0, 0.05) is 0 Å². The van der Waals surface area contributed by atoms with Crippen molar-refractivity contribution in [3.8, 4) is 0 Å². The lowest BCUT2D eigenvalue weighted by Gasteiger charge is -2.11. The van der Waals surface area contributed by atoms with Crippen LogP contribution in [0.15, 0.2) is 30.3 Å². The molecule has 104 valence electrons. The molecule has 0 radical (unpaired) electrons. The first kappa shape index (κ1) is 14.3. The molecular formula is C14H10ClF2NO2. The quantitative estimate of drug-likeness (QED) is 0.884. The number of hydrogen-bond donors (Lipinski definition) is 2. The Balaban J connectivity index is 2.41. The number of benzene rings is 2. The van der Waals surface area contributed by atoms with Crippen LogP contribution in [0.2, 0.25) is 5.02 Å². The van der Waals surface area contributed by atoms with Gasteiger partial charge < -0.3 is 10.4 Å². The van der Waals surface area contributed by atoms with Crippen LogP contribution in [-0.4, -0.2) is 11.1 Å². The number of aryl methyl sites for hydroxylation is 1. The van der Waals surface area contributed by atoms with Crippen molar-refractivity contribution in [3.05, 3.63) is 58.1 Å². The first-order chi connectivity index (χ1) is 9.38. The second kappa shape index (κ2) is 5.46. The maximum atomic E-state index is 13.8. The van der Waals surface area contributed by atoms with Gasteiger partial charge >= 0.3 is 5.97 Å². The molecule has 0 aliphatic carbocycles. The number of carboxylic acid groups (broad SMARTS) is 1. The summed E-state index contributed by atoms with van der Waals surface area (Å²) in [6.45, 7) is 1.83. The molecule has 0 aliphatic rings. The minimum absolute atomic E-state index is 0.311. The highest BCUT2D eigenvalue weighted by atomic mass is 35.5. The second-order valence-corrected chi connectivity index (χ2v) is 4.64. The van der Waals surface area contributed by atoms with Crippen LogP contribution in [-0.2, 0) is 0 Å². The predicted octanol–water partition coefficient (Wildman–Crippen LogP) is 4.37. The average Bonchev–Trinajstić information content (AvgIpc) is 2.35. The topological polar surface area (TPSA) is 49.3 Å². The van der Waals surface area contributed by atoms with E-state index in [0.29, 0.717) is 10.7 Å². The fraction of sp³-hybridized carbons (Fsp3) is 0.0714. The van der Waals surface area contributed by atoms with Crippen LogP contribution in [0.3, 0.4) is 0 Å². The van der Waals surface area contributed by atoms with Crippen molar-refractivity contribution in [2.75, 3.05) is 5.32 Å². The Labute approximate surface area is 118 Å². The van der Waals surface area contributed by atoms with E-state index in [2.05, 4.69) is 5.32 Å². The van der Waals surface area contributed by atoms with Crippen molar-refractivity contribution in [2.24, 2.45) is 0 Å². The molecule has 0 heterocycles. The normalized spacial score (nSPS) is 10.4. The number of nitrogens with one attached hydrogen (secondary N) is 1. The van der Waals surface area contributed by atoms with Crippen LogP contribution < -0.4 is 5.32 Å². The summed E-state index contributed by atoms with van der Waals surface area (Å²) in [5.41, 5.74) is 0.335. The molecule has 0 fully saturated rings. The van der Waals surface area contributed by atoms with Gasteiger partial charge in [0.05, 0.1) is 16.3 Å². The van der Waals surface area contributed by atoms with E-state index in [0.717, 1.165) is 17.7 Å². The average molecular weight is 298 g/mol. The van der Waals surface area contributed by atoms with Gasteiger partial charge in [-0.1, -0.05) is 17.7 Å². The van der Waals surface area contributed by atoms with Gasteiger partial charge in [0.15, 0.2) is 11.6 Å². The summed E-state index contributed by atoms with van der Waals surface area (Å²) in [6, 6.07) is 6.45. The number of aromatic carboxylic acids is 1. The second-order valence-electron chi connectivity index (χ2n) is 4.23. The van der Waals surface area contributed by atoms with Crippen LogP contribution >= 0.6 is 11.6 Å². The molecule has 2 rings (SSSR count). The third-order valence-corrected chi connectivity index (χ3v) is 2.99. The Morgan fingerprint density at radius 1 is 1.20 bits per heavy atom. The zero-order valence-corrected chi connectivity index (χ0v) is 11.1. The molecule has 0 bridgehead atoms. The van der Waals surface area contributed by atoms with Gasteiger partial charge in [-0.05, 0) is 36.8 Å². The molecule has 20 heavy (non-hydrogen) atoms. The van der Waals surface area contributed by atoms with E-state index in [1.165, 1.54) is 0 Å². The van der Waals surface area contributed by atoms with E-state index in [9.17, 15) is 13.6 Å². The van der Waals surface area contributed by atoms with Gasteiger partial charge in [0.1, 0.15) is 5.69 Å². The molecule has 2 N–H and O–H groups in total. The summed E-state index contributed by atoms with van der Waals surface area (Å²) >= 11 is 5.96. The first-order valence-electron chi connectivity index (χ1n) is 5.64. The van der Waals surface area contributed by atoms with Gasteiger partial charge in [-0.25, -0.2) is 13.6 Å². The van der Waals surface area contributed by atoms with Crippen molar-refractivity contribution >= 4 is 28.9 Å². The molecule has 2 aromatic carbocycles. The van der Waals surface area contributed by atoms with Crippen molar-refractivity contribution in [1.29, 1.82) is 0 Å². The van der Waals surface area contributed by atoms with Crippen LogP contribution in [0.1, 0.15) is 15.9 Å². The molecule has 0 aromatic heterocycles. The molecule has 0 amide bonds. The van der Waals surface area contributed by atoms with Gasteiger partial charge in [0.25, 0.3) is 0 Å². The third-order valence-electron chi connectivity index (χ3n) is 2.67. The van der Waals surface area contributed by atoms with Crippen LogP contribution in [0.25, 0.3) is 0 Å². The van der Waals surface area contributed by atoms with Crippen LogP contribution in [0.5, 0.6) is 0 Å². The minimum atomic E-state index is -1.40. The summed E-state index contributed by atoms with van der Waals surface area (Å²) in [7, 11) is 0. The van der Waals surface area contributed by atoms with Gasteiger partial charge in [-0.15, -0.1) is 0 Å². The molecule has 3 nitrogen and oxygen atoms in total. The Kier molecular flexibility index (Phi) is 3.90. The third kappa shape index (κ3) is 2.88. The van der Waals surface area contributed by atoms with E-state index < -0.39 is 28.9 Å². The number of carboxylic acids is 1. The van der Waals surface area contributed by atoms with Gasteiger partial charge in [0.2, 0.25) is 0 Å². The molecule has 0 spiro atoms. The Bertz CT molecular complexity index is 666. The molecule has 0 saturated heterocycles. The van der Waals surface area contributed by atoms with Crippen molar-refractivity contribution in [1.82, 2.24) is 0 Å². The van der Waals surface area contributed by atoms with E-state index in [1.54, 1.807) is 18.2 Å². The van der Waals surface area contributed by atoms with E-state index >= 15 is 0 Å². The number of hydrogen-bond acceptors (Lipinski definition) is 2. The van der Waals surface area contributed by atoms with Crippen LogP contribution in [0, 0.1) is 18.6 Å². The molecule has 0 saturated carbocycles. The maximum Gasteiger partial charge on any atom is 0.335 e. The van der Waals surface area contributed by atoms with Crippen molar-refractivity contribution in [2.45, 2.75) is 6.92 Å². The van der Waals surface area contributed by atoms with Gasteiger partial charge in [-0.2, -0.15) is 0 Å². The highest BCUT2D eigenvalue weighted by Crippen LogP contribution is 2.29. The lowest BCUT2D eigenvalue weighted by Crippen LogP contribution is -2.03. The van der Waals surface area contributed by atoms with Crippen molar-refractivity contribution in [3.63, 3.8) is 0 Å². The van der Waals surface area contributed by atoms with E-state index in [1.807, 2.05) is 6.92 Å². The van der Waals surface area contributed by atoms with Crippen LogP contribution in [0.4, 0.5) is 20.2 Å². The first-order valence-corrected chi connectivity index (χ1v) is 6.02. The molecular weight excluding hydrogens is 288 g/mol. The smallest absolute Gasteiger partial charge is 0.335 e. The maximum absolute atomic E-state index is 13.8. The zero-order valence-electron chi connectivity index (χ0n) is 10.4. The summed E-state index contributed by atoms with van der Waals surface area (Å²) < 4.78 is 27.5. The lowest BCUT2D eigenvalue weighted by molar-refractivity contribution is 0.0696. The van der Waals surface area contributed by atoms with E-state index in [4.69, 9.17) is 16.7 Å². The number of rotatable bonds is 3. The highest BCUT2D eigenvalue weighted by molar-refractivity contribution is 6.33. The largest absolute Gasteiger partial charge is 0.478 e. The Morgan fingerprint density at radius 3 is 2.30 bits per heavy atom.